The Morgan fingerprint density at radius 2 is 1.77 bits per heavy atom. The van der Waals surface area contributed by atoms with Gasteiger partial charge in [0.1, 0.15) is 5.00 Å². The number of ether oxygens (including phenoxy) is 1. The second-order valence-electron chi connectivity index (χ2n) is 8.81. The molecule has 1 aromatic heterocycles. The van der Waals surface area contributed by atoms with Crippen LogP contribution in [0.2, 0.25) is 0 Å². The van der Waals surface area contributed by atoms with Crippen LogP contribution < -0.4 is 16.0 Å². The van der Waals surface area contributed by atoms with E-state index in [1.54, 1.807) is 12.0 Å². The molecule has 0 radical (unpaired) electrons. The van der Waals surface area contributed by atoms with E-state index in [0.29, 0.717) is 30.3 Å². The molecule has 0 unspecified atom stereocenters. The summed E-state index contributed by atoms with van der Waals surface area (Å²) in [5.41, 5.74) is 1.32. The van der Waals surface area contributed by atoms with Crippen molar-refractivity contribution in [1.29, 1.82) is 0 Å². The molecule has 0 saturated carbocycles. The van der Waals surface area contributed by atoms with Crippen LogP contribution in [0.5, 0.6) is 0 Å². The quantitative estimate of drug-likeness (QED) is 0.473. The molecule has 0 atom stereocenters. The third-order valence-electron chi connectivity index (χ3n) is 4.94. The van der Waals surface area contributed by atoms with Crippen molar-refractivity contribution in [2.75, 3.05) is 45.2 Å². The molecule has 1 aromatic rings. The topological polar surface area (TPSA) is 99.8 Å². The SMILES string of the molecule is CCN(CC(=O)Nc1sc2c(c1C(=O)NCCOC)CCCC2)CC(=O)NC(C)(C)C. The summed E-state index contributed by atoms with van der Waals surface area (Å²) in [6, 6.07) is 0. The summed E-state index contributed by atoms with van der Waals surface area (Å²) in [4.78, 5) is 40.8. The maximum atomic E-state index is 12.8. The van der Waals surface area contributed by atoms with Gasteiger partial charge in [0.2, 0.25) is 11.8 Å². The van der Waals surface area contributed by atoms with E-state index in [1.807, 2.05) is 27.7 Å². The predicted molar refractivity (Wildman–Crippen MR) is 124 cm³/mol. The van der Waals surface area contributed by atoms with E-state index in [2.05, 4.69) is 16.0 Å². The lowest BCUT2D eigenvalue weighted by Crippen LogP contribution is -2.47. The fourth-order valence-corrected chi connectivity index (χ4v) is 4.86. The molecule has 3 amide bonds. The molecule has 0 aliphatic heterocycles. The molecule has 9 heteroatoms. The number of hydrogen-bond acceptors (Lipinski definition) is 6. The summed E-state index contributed by atoms with van der Waals surface area (Å²) in [6.45, 7) is 9.32. The van der Waals surface area contributed by atoms with Crippen LogP contribution in [0, 0.1) is 0 Å². The van der Waals surface area contributed by atoms with Gasteiger partial charge in [-0.05, 0) is 58.6 Å². The van der Waals surface area contributed by atoms with Gasteiger partial charge in [0.05, 0.1) is 25.3 Å². The highest BCUT2D eigenvalue weighted by molar-refractivity contribution is 7.17. The molecule has 31 heavy (non-hydrogen) atoms. The first kappa shape index (κ1) is 25.3. The third-order valence-corrected chi connectivity index (χ3v) is 6.15. The average molecular weight is 453 g/mol. The standard InChI is InChI=1S/C22H36N4O4S/c1-6-26(14-18(28)25-22(2,3)4)13-17(27)24-21-19(20(29)23-11-12-30-5)15-9-7-8-10-16(15)31-21/h6-14H2,1-5H3,(H,23,29)(H,24,27)(H,25,28). The highest BCUT2D eigenvalue weighted by atomic mass is 32.1. The minimum atomic E-state index is -0.320. The number of carbonyl (C=O) groups excluding carboxylic acids is 3. The Hall–Kier alpha value is -1.97. The zero-order valence-electron chi connectivity index (χ0n) is 19.4. The number of rotatable bonds is 10. The van der Waals surface area contributed by atoms with Gasteiger partial charge in [-0.25, -0.2) is 0 Å². The second kappa shape index (κ2) is 11.6. The van der Waals surface area contributed by atoms with E-state index < -0.39 is 0 Å². The number of likely N-dealkylation sites (N-methyl/N-ethyl adjacent to an activating group) is 1. The van der Waals surface area contributed by atoms with Crippen molar-refractivity contribution < 1.29 is 19.1 Å². The van der Waals surface area contributed by atoms with Crippen molar-refractivity contribution in [2.45, 2.75) is 58.9 Å². The van der Waals surface area contributed by atoms with E-state index in [4.69, 9.17) is 4.74 Å². The number of amides is 3. The molecule has 0 spiro atoms. The number of aryl methyl sites for hydroxylation is 1. The van der Waals surface area contributed by atoms with E-state index in [0.717, 1.165) is 31.2 Å². The van der Waals surface area contributed by atoms with Crippen molar-refractivity contribution >= 4 is 34.1 Å². The van der Waals surface area contributed by atoms with Gasteiger partial charge in [0.25, 0.3) is 5.91 Å². The van der Waals surface area contributed by atoms with Gasteiger partial charge in [-0.15, -0.1) is 11.3 Å². The van der Waals surface area contributed by atoms with E-state index in [-0.39, 0.29) is 36.3 Å². The van der Waals surface area contributed by atoms with Gasteiger partial charge < -0.3 is 20.7 Å². The highest BCUT2D eigenvalue weighted by Crippen LogP contribution is 2.38. The van der Waals surface area contributed by atoms with Crippen LogP contribution in [0.15, 0.2) is 0 Å². The van der Waals surface area contributed by atoms with Crippen LogP contribution >= 0.6 is 11.3 Å². The molecule has 0 bridgehead atoms. The normalized spacial score (nSPS) is 13.6. The average Bonchev–Trinajstić information content (AvgIpc) is 3.03. The van der Waals surface area contributed by atoms with Gasteiger partial charge >= 0.3 is 0 Å². The zero-order chi connectivity index (χ0) is 23.0. The molecule has 1 heterocycles. The summed E-state index contributed by atoms with van der Waals surface area (Å²) in [6.07, 6.45) is 3.92. The first-order valence-electron chi connectivity index (χ1n) is 10.9. The van der Waals surface area contributed by atoms with E-state index in [1.165, 1.54) is 16.2 Å². The number of thiophene rings is 1. The number of methoxy groups -OCH3 is 1. The zero-order valence-corrected chi connectivity index (χ0v) is 20.2. The number of fused-ring (bicyclic) bond motifs is 1. The lowest BCUT2D eigenvalue weighted by Gasteiger charge is -2.24. The Labute approximate surface area is 189 Å². The van der Waals surface area contributed by atoms with Crippen LogP contribution in [0.4, 0.5) is 5.00 Å². The third kappa shape index (κ3) is 7.90. The number of nitrogens with one attached hydrogen (secondary N) is 3. The van der Waals surface area contributed by atoms with E-state index >= 15 is 0 Å². The van der Waals surface area contributed by atoms with Crippen molar-refractivity contribution in [3.8, 4) is 0 Å². The maximum absolute atomic E-state index is 12.8. The lowest BCUT2D eigenvalue weighted by atomic mass is 9.95. The van der Waals surface area contributed by atoms with Crippen LogP contribution in [-0.4, -0.2) is 68.1 Å². The van der Waals surface area contributed by atoms with Crippen LogP contribution in [0.1, 0.15) is 61.3 Å². The molecular formula is C22H36N4O4S. The van der Waals surface area contributed by atoms with Crippen molar-refractivity contribution in [3.63, 3.8) is 0 Å². The van der Waals surface area contributed by atoms with Crippen LogP contribution in [-0.2, 0) is 27.2 Å². The fourth-order valence-electron chi connectivity index (χ4n) is 3.56. The first-order valence-corrected chi connectivity index (χ1v) is 11.7. The van der Waals surface area contributed by atoms with Crippen molar-refractivity contribution in [2.24, 2.45) is 0 Å². The van der Waals surface area contributed by atoms with Gasteiger partial charge in [0.15, 0.2) is 0 Å². The van der Waals surface area contributed by atoms with Crippen LogP contribution in [0.25, 0.3) is 0 Å². The Bertz CT molecular complexity index is 785. The van der Waals surface area contributed by atoms with Crippen molar-refractivity contribution in [1.82, 2.24) is 15.5 Å². The molecular weight excluding hydrogens is 416 g/mol. The molecule has 3 N–H and O–H groups in total. The van der Waals surface area contributed by atoms with E-state index in [9.17, 15) is 14.4 Å². The molecule has 0 fully saturated rings. The summed E-state index contributed by atoms with van der Waals surface area (Å²) >= 11 is 1.49. The first-order chi connectivity index (χ1) is 14.6. The molecule has 2 rings (SSSR count). The predicted octanol–water partition coefficient (Wildman–Crippen LogP) is 2.18. The number of nitrogens with zero attached hydrogens (tertiary/aromatic N) is 1. The summed E-state index contributed by atoms with van der Waals surface area (Å²) in [5, 5.41) is 9.33. The Kier molecular flexibility index (Phi) is 9.46. The maximum Gasteiger partial charge on any atom is 0.254 e. The lowest BCUT2D eigenvalue weighted by molar-refractivity contribution is -0.124. The summed E-state index contributed by atoms with van der Waals surface area (Å²) in [5.74, 6) is -0.523. The van der Waals surface area contributed by atoms with Gasteiger partial charge in [0, 0.05) is 24.1 Å². The van der Waals surface area contributed by atoms with Gasteiger partial charge in [-0.1, -0.05) is 6.92 Å². The Morgan fingerprint density at radius 1 is 1.10 bits per heavy atom. The molecule has 174 valence electrons. The minimum Gasteiger partial charge on any atom is -0.383 e. The molecule has 1 aliphatic carbocycles. The molecule has 8 nitrogen and oxygen atoms in total. The van der Waals surface area contributed by atoms with Gasteiger partial charge in [-0.3, -0.25) is 19.3 Å². The molecule has 0 aromatic carbocycles. The fraction of sp³-hybridized carbons (Fsp3) is 0.682. The smallest absolute Gasteiger partial charge is 0.254 e. The summed E-state index contributed by atoms with van der Waals surface area (Å²) < 4.78 is 5.01. The number of anilines is 1. The Morgan fingerprint density at radius 3 is 2.42 bits per heavy atom. The number of hydrogen-bond donors (Lipinski definition) is 3. The Balaban J connectivity index is 2.08. The number of carbonyl (C=O) groups is 3. The molecule has 1 aliphatic rings. The summed E-state index contributed by atoms with van der Waals surface area (Å²) in [7, 11) is 1.59. The second-order valence-corrected chi connectivity index (χ2v) is 9.92. The largest absolute Gasteiger partial charge is 0.383 e. The van der Waals surface area contributed by atoms with Gasteiger partial charge in [-0.2, -0.15) is 0 Å². The monoisotopic (exact) mass is 452 g/mol. The minimum absolute atomic E-state index is 0.0847. The highest BCUT2D eigenvalue weighted by Gasteiger charge is 2.27. The van der Waals surface area contributed by atoms with Crippen molar-refractivity contribution in [3.05, 3.63) is 16.0 Å². The van der Waals surface area contributed by atoms with Crippen LogP contribution in [0.3, 0.4) is 0 Å². The molecule has 0 saturated heterocycles.